The van der Waals surface area contributed by atoms with Crippen LogP contribution in [0.2, 0.25) is 5.02 Å². The summed E-state index contributed by atoms with van der Waals surface area (Å²) >= 11 is 5.98. The quantitative estimate of drug-likeness (QED) is 0.460. The van der Waals surface area contributed by atoms with Gasteiger partial charge in [0.15, 0.2) is 6.61 Å². The van der Waals surface area contributed by atoms with Crippen LogP contribution in [0.15, 0.2) is 53.4 Å². The molecule has 1 aliphatic rings. The molecule has 2 aromatic carbocycles. The minimum Gasteiger partial charge on any atom is -0.484 e. The van der Waals surface area contributed by atoms with Crippen molar-refractivity contribution < 1.29 is 27.5 Å². The average Bonchev–Trinajstić information content (AvgIpc) is 2.90. The second-order valence-electron chi connectivity index (χ2n) is 9.24. The molecule has 0 aromatic heterocycles. The first kappa shape index (κ1) is 28.9. The number of sulfonamides is 1. The summed E-state index contributed by atoms with van der Waals surface area (Å²) in [5, 5.41) is 3.45. The zero-order valence-electron chi connectivity index (χ0n) is 21.4. The van der Waals surface area contributed by atoms with E-state index < -0.39 is 16.1 Å². The summed E-state index contributed by atoms with van der Waals surface area (Å²) in [5.74, 6) is -0.0200. The van der Waals surface area contributed by atoms with Gasteiger partial charge >= 0.3 is 0 Å². The Balaban J connectivity index is 1.68. The maximum absolute atomic E-state index is 13.2. The van der Waals surface area contributed by atoms with Gasteiger partial charge in [-0.2, -0.15) is 4.31 Å². The van der Waals surface area contributed by atoms with Gasteiger partial charge in [0.25, 0.3) is 5.91 Å². The highest BCUT2D eigenvalue weighted by molar-refractivity contribution is 7.89. The Morgan fingerprint density at radius 1 is 1.05 bits per heavy atom. The van der Waals surface area contributed by atoms with Crippen molar-refractivity contribution in [3.63, 3.8) is 0 Å². The number of carbonyl (C=O) groups excluding carboxylic acids is 2. The molecule has 202 valence electrons. The zero-order valence-corrected chi connectivity index (χ0v) is 22.9. The molecule has 0 aliphatic carbocycles. The lowest BCUT2D eigenvalue weighted by Gasteiger charge is -2.29. The SMILES string of the molecule is CC(C)CNC(=O)C(C)N(Cc1ccc(Cl)cc1)C(=O)COc1ccc(S(=O)(=O)N2CCOCC2)cc1. The van der Waals surface area contributed by atoms with Crippen LogP contribution in [0.5, 0.6) is 5.75 Å². The van der Waals surface area contributed by atoms with Crippen LogP contribution in [0.3, 0.4) is 0 Å². The lowest BCUT2D eigenvalue weighted by Crippen LogP contribution is -2.49. The molecular formula is C26H34ClN3O6S. The van der Waals surface area contributed by atoms with Crippen molar-refractivity contribution in [3.8, 4) is 5.75 Å². The fourth-order valence-electron chi connectivity index (χ4n) is 3.69. The van der Waals surface area contributed by atoms with E-state index in [0.29, 0.717) is 43.6 Å². The minimum atomic E-state index is -3.62. The maximum atomic E-state index is 13.2. The standard InChI is InChI=1S/C26H34ClN3O6S/c1-19(2)16-28-26(32)20(3)30(17-21-4-6-22(27)7-5-21)25(31)18-36-23-8-10-24(11-9-23)37(33,34)29-12-14-35-15-13-29/h4-11,19-20H,12-18H2,1-3H3,(H,28,32). The van der Waals surface area contributed by atoms with E-state index in [1.165, 1.54) is 33.5 Å². The van der Waals surface area contributed by atoms with Crippen molar-refractivity contribution >= 4 is 33.4 Å². The number of amides is 2. The molecule has 2 aromatic rings. The number of nitrogens with one attached hydrogen (secondary N) is 1. The normalized spacial score (nSPS) is 15.3. The minimum absolute atomic E-state index is 0.146. The highest BCUT2D eigenvalue weighted by atomic mass is 35.5. The number of rotatable bonds is 11. The lowest BCUT2D eigenvalue weighted by molar-refractivity contribution is -0.142. The van der Waals surface area contributed by atoms with Crippen LogP contribution >= 0.6 is 11.6 Å². The van der Waals surface area contributed by atoms with Gasteiger partial charge in [0.05, 0.1) is 18.1 Å². The van der Waals surface area contributed by atoms with Crippen molar-refractivity contribution in [1.29, 1.82) is 0 Å². The van der Waals surface area contributed by atoms with E-state index in [2.05, 4.69) is 5.32 Å². The van der Waals surface area contributed by atoms with E-state index in [1.807, 2.05) is 13.8 Å². The largest absolute Gasteiger partial charge is 0.484 e. The van der Waals surface area contributed by atoms with Gasteiger partial charge in [-0.25, -0.2) is 8.42 Å². The third-order valence-electron chi connectivity index (χ3n) is 5.91. The number of hydrogen-bond acceptors (Lipinski definition) is 6. The third-order valence-corrected chi connectivity index (χ3v) is 8.08. The van der Waals surface area contributed by atoms with Crippen LogP contribution < -0.4 is 10.1 Å². The van der Waals surface area contributed by atoms with Crippen molar-refractivity contribution in [1.82, 2.24) is 14.5 Å². The molecule has 0 bridgehead atoms. The van der Waals surface area contributed by atoms with E-state index in [0.717, 1.165) is 5.56 Å². The summed E-state index contributed by atoms with van der Waals surface area (Å²) in [7, 11) is -3.62. The molecule has 9 nitrogen and oxygen atoms in total. The molecule has 1 saturated heterocycles. The van der Waals surface area contributed by atoms with Crippen LogP contribution in [0.1, 0.15) is 26.3 Å². The molecule has 1 N–H and O–H groups in total. The number of carbonyl (C=O) groups is 2. The van der Waals surface area contributed by atoms with Gasteiger partial charge in [-0.3, -0.25) is 9.59 Å². The summed E-state index contributed by atoms with van der Waals surface area (Å²) in [6.07, 6.45) is 0. The van der Waals surface area contributed by atoms with E-state index >= 15 is 0 Å². The second kappa shape index (κ2) is 13.2. The Morgan fingerprint density at radius 2 is 1.68 bits per heavy atom. The number of halogens is 1. The van der Waals surface area contributed by atoms with E-state index in [1.54, 1.807) is 31.2 Å². The van der Waals surface area contributed by atoms with Crippen molar-refractivity contribution in [3.05, 3.63) is 59.1 Å². The predicted octanol–water partition coefficient (Wildman–Crippen LogP) is 2.93. The van der Waals surface area contributed by atoms with Crippen LogP contribution in [-0.4, -0.2) is 74.9 Å². The molecule has 1 heterocycles. The molecule has 0 spiro atoms. The van der Waals surface area contributed by atoms with Gasteiger partial charge in [0, 0.05) is 31.2 Å². The molecule has 0 saturated carbocycles. The number of morpholine rings is 1. The molecule has 1 unspecified atom stereocenters. The first-order valence-corrected chi connectivity index (χ1v) is 14.0. The van der Waals surface area contributed by atoms with Crippen LogP contribution in [0.4, 0.5) is 0 Å². The van der Waals surface area contributed by atoms with Crippen molar-refractivity contribution in [2.45, 2.75) is 38.3 Å². The van der Waals surface area contributed by atoms with Gasteiger partial charge in [-0.15, -0.1) is 0 Å². The van der Waals surface area contributed by atoms with Crippen LogP contribution in [-0.2, 0) is 30.9 Å². The Morgan fingerprint density at radius 3 is 2.27 bits per heavy atom. The fourth-order valence-corrected chi connectivity index (χ4v) is 5.23. The van der Waals surface area contributed by atoms with E-state index in [-0.39, 0.29) is 35.8 Å². The zero-order chi connectivity index (χ0) is 27.0. The molecule has 2 amide bonds. The van der Waals surface area contributed by atoms with Gasteiger partial charge in [0.1, 0.15) is 11.8 Å². The average molecular weight is 552 g/mol. The summed E-state index contributed by atoms with van der Waals surface area (Å²) in [6, 6.07) is 12.3. The highest BCUT2D eigenvalue weighted by Gasteiger charge is 2.28. The molecule has 11 heteroatoms. The van der Waals surface area contributed by atoms with Crippen LogP contribution in [0, 0.1) is 5.92 Å². The number of nitrogens with zero attached hydrogens (tertiary/aromatic N) is 2. The summed E-state index contributed by atoms with van der Waals surface area (Å²) in [6.45, 7) is 7.39. The van der Waals surface area contributed by atoms with Crippen molar-refractivity contribution in [2.75, 3.05) is 39.5 Å². The Kier molecular flexibility index (Phi) is 10.3. The fraction of sp³-hybridized carbons (Fsp3) is 0.462. The van der Waals surface area contributed by atoms with Gasteiger partial charge in [-0.1, -0.05) is 37.6 Å². The Hall–Kier alpha value is -2.66. The predicted molar refractivity (Wildman–Crippen MR) is 141 cm³/mol. The summed E-state index contributed by atoms with van der Waals surface area (Å²) < 4.78 is 37.9. The topological polar surface area (TPSA) is 105 Å². The van der Waals surface area contributed by atoms with Gasteiger partial charge in [0.2, 0.25) is 15.9 Å². The monoisotopic (exact) mass is 551 g/mol. The molecule has 0 radical (unpaired) electrons. The second-order valence-corrected chi connectivity index (χ2v) is 11.6. The summed E-state index contributed by atoms with van der Waals surface area (Å²) in [5.41, 5.74) is 0.818. The first-order chi connectivity index (χ1) is 17.6. The smallest absolute Gasteiger partial charge is 0.261 e. The Labute approximate surface area is 223 Å². The maximum Gasteiger partial charge on any atom is 0.261 e. The molecule has 3 rings (SSSR count). The van der Waals surface area contributed by atoms with Crippen LogP contribution in [0.25, 0.3) is 0 Å². The van der Waals surface area contributed by atoms with E-state index in [9.17, 15) is 18.0 Å². The molecule has 1 atom stereocenters. The van der Waals surface area contributed by atoms with Crippen molar-refractivity contribution in [2.24, 2.45) is 5.92 Å². The van der Waals surface area contributed by atoms with Gasteiger partial charge in [-0.05, 0) is 54.8 Å². The third kappa shape index (κ3) is 8.16. The van der Waals surface area contributed by atoms with Gasteiger partial charge < -0.3 is 19.7 Å². The number of ether oxygens (including phenoxy) is 2. The number of hydrogen-bond donors (Lipinski definition) is 1. The Bertz CT molecular complexity index is 1150. The summed E-state index contributed by atoms with van der Waals surface area (Å²) in [4.78, 5) is 27.5. The number of benzene rings is 2. The lowest BCUT2D eigenvalue weighted by atomic mass is 10.1. The molecule has 1 aliphatic heterocycles. The first-order valence-electron chi connectivity index (χ1n) is 12.2. The molecular weight excluding hydrogens is 518 g/mol. The van der Waals surface area contributed by atoms with E-state index in [4.69, 9.17) is 21.1 Å². The molecule has 37 heavy (non-hydrogen) atoms. The highest BCUT2D eigenvalue weighted by Crippen LogP contribution is 2.21. The molecule has 1 fully saturated rings.